The second-order valence-corrected chi connectivity index (χ2v) is 5.50. The minimum Gasteiger partial charge on any atom is -0.481 e. The molecular weight excluding hydrogens is 314 g/mol. The van der Waals surface area contributed by atoms with Gasteiger partial charge in [0.2, 0.25) is 11.7 Å². The zero-order valence-corrected chi connectivity index (χ0v) is 13.1. The van der Waals surface area contributed by atoms with Gasteiger partial charge in [-0.05, 0) is 6.92 Å². The fraction of sp³-hybridized carbons (Fsp3) is 0.375. The Hall–Kier alpha value is -2.74. The molecule has 1 saturated heterocycles. The lowest BCUT2D eigenvalue weighted by Gasteiger charge is -2.34. The molecule has 0 bridgehead atoms. The molecule has 0 saturated carbocycles. The highest BCUT2D eigenvalue weighted by Crippen LogP contribution is 2.26. The summed E-state index contributed by atoms with van der Waals surface area (Å²) in [6, 6.07) is 8.72. The van der Waals surface area contributed by atoms with Crippen molar-refractivity contribution in [3.8, 4) is 11.4 Å². The molecule has 1 aromatic heterocycles. The predicted octanol–water partition coefficient (Wildman–Crippen LogP) is 1.36. The first kappa shape index (κ1) is 16.1. The third kappa shape index (κ3) is 3.13. The molecule has 2 aromatic rings. The van der Waals surface area contributed by atoms with Crippen LogP contribution in [0.3, 0.4) is 0 Å². The average Bonchev–Trinajstić information content (AvgIpc) is 3.11. The van der Waals surface area contributed by atoms with Crippen LogP contribution in [0.25, 0.3) is 11.4 Å². The number of nitrogens with zero attached hydrogens (tertiary/aromatic N) is 3. The van der Waals surface area contributed by atoms with Gasteiger partial charge >= 0.3 is 5.97 Å². The molecule has 2 atom stereocenters. The summed E-state index contributed by atoms with van der Waals surface area (Å²) in [6.45, 7) is 2.17. The zero-order chi connectivity index (χ0) is 17.1. The Morgan fingerprint density at radius 1 is 1.33 bits per heavy atom. The number of hydrogen-bond donors (Lipinski definition) is 1. The van der Waals surface area contributed by atoms with Gasteiger partial charge in [-0.25, -0.2) is 0 Å². The number of carbonyl (C=O) groups is 2. The lowest BCUT2D eigenvalue weighted by Crippen LogP contribution is -2.47. The first-order valence-corrected chi connectivity index (χ1v) is 7.58. The number of carbonyl (C=O) groups excluding carboxylic acids is 1. The summed E-state index contributed by atoms with van der Waals surface area (Å²) in [5.41, 5.74) is 0.793. The Balaban J connectivity index is 1.85. The number of carboxylic acid groups (broad SMARTS) is 1. The van der Waals surface area contributed by atoms with Gasteiger partial charge in [0, 0.05) is 12.1 Å². The van der Waals surface area contributed by atoms with Crippen LogP contribution in [0.4, 0.5) is 0 Å². The summed E-state index contributed by atoms with van der Waals surface area (Å²) in [4.78, 5) is 29.3. The quantitative estimate of drug-likeness (QED) is 0.843. The molecule has 3 rings (SSSR count). The van der Waals surface area contributed by atoms with Crippen molar-refractivity contribution in [2.75, 3.05) is 19.8 Å². The largest absolute Gasteiger partial charge is 0.481 e. The van der Waals surface area contributed by atoms with E-state index in [0.717, 1.165) is 5.56 Å². The number of rotatable bonds is 4. The number of hydrogen-bond acceptors (Lipinski definition) is 6. The van der Waals surface area contributed by atoms with Gasteiger partial charge in [-0.2, -0.15) is 4.98 Å². The standard InChI is InChI=1S/C16H17N3O5/c1-10(16(21)22)15(20)19-7-8-23-9-12(19)14-17-13(18-24-14)11-5-3-2-4-6-11/h2-6,10,12H,7-9H2,1H3,(H,21,22). The van der Waals surface area contributed by atoms with E-state index < -0.39 is 23.8 Å². The van der Waals surface area contributed by atoms with Crippen molar-refractivity contribution < 1.29 is 24.0 Å². The van der Waals surface area contributed by atoms with Crippen molar-refractivity contribution >= 4 is 11.9 Å². The van der Waals surface area contributed by atoms with Gasteiger partial charge < -0.3 is 19.3 Å². The third-order valence-electron chi connectivity index (χ3n) is 3.91. The van der Waals surface area contributed by atoms with E-state index in [9.17, 15) is 9.59 Å². The number of benzene rings is 1. The van der Waals surface area contributed by atoms with Gasteiger partial charge in [0.1, 0.15) is 12.0 Å². The molecule has 1 aliphatic heterocycles. The van der Waals surface area contributed by atoms with Gasteiger partial charge in [-0.3, -0.25) is 9.59 Å². The average molecular weight is 331 g/mol. The molecule has 1 fully saturated rings. The van der Waals surface area contributed by atoms with Gasteiger partial charge in [0.05, 0.1) is 13.2 Å². The van der Waals surface area contributed by atoms with Crippen LogP contribution < -0.4 is 0 Å². The van der Waals surface area contributed by atoms with Crippen molar-refractivity contribution in [1.29, 1.82) is 0 Å². The molecule has 1 amide bonds. The van der Waals surface area contributed by atoms with Crippen molar-refractivity contribution in [1.82, 2.24) is 15.0 Å². The van der Waals surface area contributed by atoms with Crippen molar-refractivity contribution in [3.05, 3.63) is 36.2 Å². The molecule has 0 radical (unpaired) electrons. The van der Waals surface area contributed by atoms with Crippen LogP contribution in [-0.2, 0) is 14.3 Å². The fourth-order valence-corrected chi connectivity index (χ4v) is 2.50. The summed E-state index contributed by atoms with van der Waals surface area (Å²) in [7, 11) is 0. The Bertz CT molecular complexity index is 730. The third-order valence-corrected chi connectivity index (χ3v) is 3.91. The minimum absolute atomic E-state index is 0.189. The summed E-state index contributed by atoms with van der Waals surface area (Å²) in [5.74, 6) is -2.15. The van der Waals surface area contributed by atoms with Crippen molar-refractivity contribution in [2.24, 2.45) is 5.92 Å². The Morgan fingerprint density at radius 3 is 2.79 bits per heavy atom. The first-order chi connectivity index (χ1) is 11.6. The normalized spacial score (nSPS) is 19.0. The van der Waals surface area contributed by atoms with Crippen molar-refractivity contribution in [3.63, 3.8) is 0 Å². The van der Waals surface area contributed by atoms with Crippen LogP contribution in [0, 0.1) is 5.92 Å². The maximum atomic E-state index is 12.4. The van der Waals surface area contributed by atoms with E-state index in [1.54, 1.807) is 0 Å². The van der Waals surface area contributed by atoms with Gasteiger partial charge in [0.25, 0.3) is 5.89 Å². The van der Waals surface area contributed by atoms with Crippen molar-refractivity contribution in [2.45, 2.75) is 13.0 Å². The highest BCUT2D eigenvalue weighted by Gasteiger charge is 2.36. The zero-order valence-electron chi connectivity index (χ0n) is 13.1. The molecule has 0 spiro atoms. The summed E-state index contributed by atoms with van der Waals surface area (Å²) in [6.07, 6.45) is 0. The SMILES string of the molecule is CC(C(=O)O)C(=O)N1CCOCC1c1nc(-c2ccccc2)no1. The number of aromatic nitrogens is 2. The molecule has 1 aliphatic rings. The van der Waals surface area contributed by atoms with Crippen LogP contribution in [0.5, 0.6) is 0 Å². The molecule has 0 aliphatic carbocycles. The fourth-order valence-electron chi connectivity index (χ4n) is 2.50. The highest BCUT2D eigenvalue weighted by molar-refractivity contribution is 5.96. The maximum absolute atomic E-state index is 12.4. The monoisotopic (exact) mass is 331 g/mol. The molecule has 2 unspecified atom stereocenters. The van der Waals surface area contributed by atoms with Gasteiger partial charge in [-0.1, -0.05) is 35.5 Å². The maximum Gasteiger partial charge on any atom is 0.315 e. The number of morpholine rings is 1. The molecule has 126 valence electrons. The van der Waals surface area contributed by atoms with E-state index >= 15 is 0 Å². The van der Waals surface area contributed by atoms with E-state index in [4.69, 9.17) is 14.4 Å². The Kier molecular flexibility index (Phi) is 4.57. The molecule has 1 aromatic carbocycles. The van der Waals surface area contributed by atoms with Gasteiger partial charge in [-0.15, -0.1) is 0 Å². The smallest absolute Gasteiger partial charge is 0.315 e. The number of amides is 1. The second kappa shape index (κ2) is 6.79. The molecule has 8 nitrogen and oxygen atoms in total. The van der Waals surface area contributed by atoms with Crippen LogP contribution in [0.15, 0.2) is 34.9 Å². The lowest BCUT2D eigenvalue weighted by molar-refractivity contribution is -0.155. The number of aliphatic carboxylic acids is 1. The van der Waals surface area contributed by atoms with E-state index in [-0.39, 0.29) is 19.0 Å². The minimum atomic E-state index is -1.17. The summed E-state index contributed by atoms with van der Waals surface area (Å²) >= 11 is 0. The molecule has 2 heterocycles. The predicted molar refractivity (Wildman–Crippen MR) is 81.8 cm³/mol. The van der Waals surface area contributed by atoms with Crippen LogP contribution >= 0.6 is 0 Å². The topological polar surface area (TPSA) is 106 Å². The number of ether oxygens (including phenoxy) is 1. The van der Waals surface area contributed by atoms with Crippen LogP contribution in [-0.4, -0.2) is 51.8 Å². The van der Waals surface area contributed by atoms with E-state index in [1.165, 1.54) is 11.8 Å². The van der Waals surface area contributed by atoms with E-state index in [1.807, 2.05) is 30.3 Å². The molecule has 24 heavy (non-hydrogen) atoms. The lowest BCUT2D eigenvalue weighted by atomic mass is 10.1. The number of carboxylic acids is 1. The second-order valence-electron chi connectivity index (χ2n) is 5.50. The Labute approximate surface area is 138 Å². The van der Waals surface area contributed by atoms with E-state index in [2.05, 4.69) is 10.1 Å². The summed E-state index contributed by atoms with van der Waals surface area (Å²) < 4.78 is 10.7. The van der Waals surface area contributed by atoms with Gasteiger partial charge in [0.15, 0.2) is 0 Å². The van der Waals surface area contributed by atoms with Crippen LogP contribution in [0.1, 0.15) is 18.9 Å². The van der Waals surface area contributed by atoms with Crippen LogP contribution in [0.2, 0.25) is 0 Å². The molecule has 8 heteroatoms. The summed E-state index contributed by atoms with van der Waals surface area (Å²) in [5, 5.41) is 13.0. The highest BCUT2D eigenvalue weighted by atomic mass is 16.5. The van der Waals surface area contributed by atoms with E-state index in [0.29, 0.717) is 12.4 Å². The Morgan fingerprint density at radius 2 is 2.08 bits per heavy atom. The molecule has 1 N–H and O–H groups in total. The molecular formula is C16H17N3O5. The first-order valence-electron chi connectivity index (χ1n) is 7.58.